The second-order valence-corrected chi connectivity index (χ2v) is 6.22. The van der Waals surface area contributed by atoms with Crippen molar-refractivity contribution in [2.75, 3.05) is 23.9 Å². The summed E-state index contributed by atoms with van der Waals surface area (Å²) in [4.78, 5) is 7.04. The minimum Gasteiger partial charge on any atom is -0.368 e. The van der Waals surface area contributed by atoms with E-state index in [9.17, 15) is 13.2 Å². The van der Waals surface area contributed by atoms with E-state index in [1.54, 1.807) is 11.8 Å². The highest BCUT2D eigenvalue weighted by Crippen LogP contribution is 2.40. The number of halogens is 3. The number of hydrogen-bond acceptors (Lipinski definition) is 5. The summed E-state index contributed by atoms with van der Waals surface area (Å²) in [6, 6.07) is 0.902. The number of aromatic nitrogens is 2. The van der Waals surface area contributed by atoms with Gasteiger partial charge in [-0.15, -0.1) is 0 Å². The smallest absolute Gasteiger partial charge is 0.368 e. The highest BCUT2D eigenvalue weighted by molar-refractivity contribution is 8.00. The van der Waals surface area contributed by atoms with Gasteiger partial charge < -0.3 is 11.1 Å². The van der Waals surface area contributed by atoms with Crippen molar-refractivity contribution in [2.24, 2.45) is 0 Å². The van der Waals surface area contributed by atoms with Gasteiger partial charge in [-0.3, -0.25) is 0 Å². The van der Waals surface area contributed by atoms with E-state index >= 15 is 0 Å². The lowest BCUT2D eigenvalue weighted by atomic mass is 10.1. The third-order valence-corrected chi connectivity index (χ3v) is 4.99. The Labute approximate surface area is 119 Å². The second-order valence-electron chi connectivity index (χ2n) is 4.94. The van der Waals surface area contributed by atoms with Crippen LogP contribution in [0.25, 0.3) is 0 Å². The third kappa shape index (κ3) is 3.47. The minimum atomic E-state index is -4.52. The Kier molecular flexibility index (Phi) is 4.31. The van der Waals surface area contributed by atoms with Gasteiger partial charge in [0.2, 0.25) is 5.95 Å². The Bertz CT molecular complexity index is 472. The molecule has 112 valence electrons. The molecule has 0 radical (unpaired) electrons. The van der Waals surface area contributed by atoms with Crippen molar-refractivity contribution in [1.29, 1.82) is 0 Å². The topological polar surface area (TPSA) is 63.8 Å². The molecule has 0 unspecified atom stereocenters. The number of alkyl halides is 3. The molecule has 1 aromatic rings. The number of thioether (sulfide) groups is 1. The quantitative estimate of drug-likeness (QED) is 0.894. The van der Waals surface area contributed by atoms with Crippen LogP contribution in [0, 0.1) is 0 Å². The minimum absolute atomic E-state index is 0.0815. The van der Waals surface area contributed by atoms with Gasteiger partial charge in [0, 0.05) is 17.4 Å². The van der Waals surface area contributed by atoms with Crippen molar-refractivity contribution in [3.05, 3.63) is 11.8 Å². The molecule has 0 spiro atoms. The lowest BCUT2D eigenvalue weighted by Crippen LogP contribution is -2.30. The third-order valence-electron chi connectivity index (χ3n) is 3.57. The molecular formula is C12H17F3N4S. The van der Waals surface area contributed by atoms with E-state index in [0.717, 1.165) is 31.7 Å². The second kappa shape index (κ2) is 5.67. The molecule has 0 aliphatic heterocycles. The molecule has 0 amide bonds. The number of anilines is 2. The van der Waals surface area contributed by atoms with Crippen molar-refractivity contribution >= 4 is 23.5 Å². The molecule has 0 aromatic carbocycles. The van der Waals surface area contributed by atoms with Crippen LogP contribution in [0.2, 0.25) is 0 Å². The molecule has 20 heavy (non-hydrogen) atoms. The molecule has 2 rings (SSSR count). The number of nitrogens with one attached hydrogen (secondary N) is 1. The maximum absolute atomic E-state index is 12.7. The van der Waals surface area contributed by atoms with E-state index < -0.39 is 11.9 Å². The fraction of sp³-hybridized carbons (Fsp3) is 0.667. The van der Waals surface area contributed by atoms with Gasteiger partial charge in [-0.1, -0.05) is 12.8 Å². The summed E-state index contributed by atoms with van der Waals surface area (Å²) in [5, 5.41) is 2.98. The summed E-state index contributed by atoms with van der Waals surface area (Å²) in [5.41, 5.74) is 4.32. The Hall–Kier alpha value is -1.18. The first-order valence-corrected chi connectivity index (χ1v) is 7.58. The van der Waals surface area contributed by atoms with Gasteiger partial charge in [0.1, 0.15) is 5.82 Å². The first-order chi connectivity index (χ1) is 9.35. The van der Waals surface area contributed by atoms with Gasteiger partial charge in [0.05, 0.1) is 0 Å². The first kappa shape index (κ1) is 15.2. The summed E-state index contributed by atoms with van der Waals surface area (Å²) in [6.45, 7) is 0.585. The van der Waals surface area contributed by atoms with Crippen LogP contribution in [0.3, 0.4) is 0 Å². The predicted molar refractivity (Wildman–Crippen MR) is 74.7 cm³/mol. The number of nitrogen functional groups attached to an aromatic ring is 1. The Morgan fingerprint density at radius 2 is 2.00 bits per heavy atom. The molecule has 8 heteroatoms. The Morgan fingerprint density at radius 1 is 1.35 bits per heavy atom. The van der Waals surface area contributed by atoms with Crippen LogP contribution in [-0.4, -0.2) is 27.5 Å². The van der Waals surface area contributed by atoms with Gasteiger partial charge in [-0.05, 0) is 19.1 Å². The van der Waals surface area contributed by atoms with Crippen molar-refractivity contribution in [3.63, 3.8) is 0 Å². The van der Waals surface area contributed by atoms with Crippen molar-refractivity contribution in [1.82, 2.24) is 9.97 Å². The van der Waals surface area contributed by atoms with Crippen LogP contribution in [0.1, 0.15) is 31.4 Å². The van der Waals surface area contributed by atoms with Gasteiger partial charge in [-0.25, -0.2) is 4.98 Å². The molecule has 1 aliphatic rings. The average Bonchev–Trinajstić information content (AvgIpc) is 2.84. The molecule has 0 saturated heterocycles. The molecule has 3 N–H and O–H groups in total. The van der Waals surface area contributed by atoms with Crippen molar-refractivity contribution < 1.29 is 13.2 Å². The lowest BCUT2D eigenvalue weighted by Gasteiger charge is -2.27. The standard InChI is InChI=1S/C12H17F3N4S/c1-20-11(4-2-3-5-11)7-17-9-6-8(12(13,14)15)18-10(16)19-9/h6H,2-5,7H2,1H3,(H3,16,17,18,19). The van der Waals surface area contributed by atoms with Crippen molar-refractivity contribution in [2.45, 2.75) is 36.6 Å². The van der Waals surface area contributed by atoms with E-state index in [4.69, 9.17) is 5.73 Å². The maximum atomic E-state index is 12.7. The summed E-state index contributed by atoms with van der Waals surface area (Å²) in [5.74, 6) is -0.239. The largest absolute Gasteiger partial charge is 0.433 e. The van der Waals surface area contributed by atoms with E-state index in [0.29, 0.717) is 6.54 Å². The summed E-state index contributed by atoms with van der Waals surface area (Å²) in [6.07, 6.45) is 1.95. The molecule has 1 aliphatic carbocycles. The molecular weight excluding hydrogens is 289 g/mol. The molecule has 1 fully saturated rings. The van der Waals surface area contributed by atoms with Gasteiger partial charge in [0.15, 0.2) is 5.69 Å². The monoisotopic (exact) mass is 306 g/mol. The summed E-state index contributed by atoms with van der Waals surface area (Å²) in [7, 11) is 0. The normalized spacial score (nSPS) is 18.2. The molecule has 1 heterocycles. The zero-order valence-corrected chi connectivity index (χ0v) is 11.9. The molecule has 0 atom stereocenters. The number of hydrogen-bond donors (Lipinski definition) is 2. The van der Waals surface area contributed by atoms with E-state index in [1.165, 1.54) is 0 Å². The van der Waals surface area contributed by atoms with Crippen molar-refractivity contribution in [3.8, 4) is 0 Å². The van der Waals surface area contributed by atoms with Crippen LogP contribution >= 0.6 is 11.8 Å². The van der Waals surface area contributed by atoms with Crippen LogP contribution in [-0.2, 0) is 6.18 Å². The molecule has 1 saturated carbocycles. The maximum Gasteiger partial charge on any atom is 0.433 e. The number of nitrogens with zero attached hydrogens (tertiary/aromatic N) is 2. The highest BCUT2D eigenvalue weighted by atomic mass is 32.2. The Morgan fingerprint density at radius 3 is 2.55 bits per heavy atom. The van der Waals surface area contributed by atoms with E-state index in [1.807, 2.05) is 6.26 Å². The molecule has 4 nitrogen and oxygen atoms in total. The molecule has 1 aromatic heterocycles. The van der Waals surface area contributed by atoms with Gasteiger partial charge in [0.25, 0.3) is 0 Å². The molecule has 0 bridgehead atoms. The summed E-state index contributed by atoms with van der Waals surface area (Å²) < 4.78 is 38.0. The first-order valence-electron chi connectivity index (χ1n) is 6.35. The predicted octanol–water partition coefficient (Wildman–Crippen LogP) is 3.17. The number of rotatable bonds is 4. The van der Waals surface area contributed by atoms with Crippen LogP contribution in [0.5, 0.6) is 0 Å². The highest BCUT2D eigenvalue weighted by Gasteiger charge is 2.35. The summed E-state index contributed by atoms with van der Waals surface area (Å²) >= 11 is 1.75. The van der Waals surface area contributed by atoms with Crippen LogP contribution < -0.4 is 11.1 Å². The van der Waals surface area contributed by atoms with E-state index in [-0.39, 0.29) is 16.5 Å². The van der Waals surface area contributed by atoms with Crippen LogP contribution in [0.4, 0.5) is 24.9 Å². The fourth-order valence-electron chi connectivity index (χ4n) is 2.43. The van der Waals surface area contributed by atoms with E-state index in [2.05, 4.69) is 15.3 Å². The average molecular weight is 306 g/mol. The van der Waals surface area contributed by atoms with Gasteiger partial charge in [-0.2, -0.15) is 29.9 Å². The number of nitrogens with two attached hydrogens (primary N) is 1. The zero-order chi connectivity index (χ0) is 14.8. The Balaban J connectivity index is 2.11. The van der Waals surface area contributed by atoms with Crippen LogP contribution in [0.15, 0.2) is 6.07 Å². The zero-order valence-electron chi connectivity index (χ0n) is 11.1. The SMILES string of the molecule is CSC1(CNc2cc(C(F)(F)F)nc(N)n2)CCCC1. The lowest BCUT2D eigenvalue weighted by molar-refractivity contribution is -0.141. The van der Waals surface area contributed by atoms with Gasteiger partial charge >= 0.3 is 6.18 Å². The fourth-order valence-corrected chi connectivity index (χ4v) is 3.34.